The van der Waals surface area contributed by atoms with Crippen molar-refractivity contribution in [1.82, 2.24) is 9.13 Å². The van der Waals surface area contributed by atoms with Crippen molar-refractivity contribution in [3.8, 4) is 0 Å². The molecule has 0 atom stereocenters. The largest absolute Gasteiger partial charge is 0.383 e. The van der Waals surface area contributed by atoms with Gasteiger partial charge in [0.05, 0.1) is 5.41 Å². The van der Waals surface area contributed by atoms with Crippen LogP contribution in [-0.2, 0) is 18.4 Å². The quantitative estimate of drug-likeness (QED) is 0.650. The van der Waals surface area contributed by atoms with Gasteiger partial charge < -0.3 is 16.8 Å². The topological polar surface area (TPSA) is 125 Å². The molecule has 0 aliphatic heterocycles. The number of nitrogens with one attached hydrogen (secondary N) is 1. The molecule has 1 aromatic heterocycles. The summed E-state index contributed by atoms with van der Waals surface area (Å²) in [5.74, 6) is -0.419. The van der Waals surface area contributed by atoms with Gasteiger partial charge in [0.25, 0.3) is 5.56 Å². The molecule has 0 saturated carbocycles. The zero-order valence-electron chi connectivity index (χ0n) is 12.9. The number of rotatable bonds is 6. The van der Waals surface area contributed by atoms with Gasteiger partial charge in [0.1, 0.15) is 11.5 Å². The van der Waals surface area contributed by atoms with Gasteiger partial charge in [0, 0.05) is 20.1 Å². The molecule has 0 aliphatic carbocycles. The van der Waals surface area contributed by atoms with E-state index in [0.29, 0.717) is 13.0 Å². The first-order chi connectivity index (χ1) is 9.63. The molecule has 5 N–H and O–H groups in total. The monoisotopic (exact) mass is 297 g/mol. The van der Waals surface area contributed by atoms with Crippen LogP contribution in [0, 0.1) is 5.41 Å². The fourth-order valence-corrected chi connectivity index (χ4v) is 1.79. The Kier molecular flexibility index (Phi) is 4.82. The molecule has 0 saturated heterocycles. The van der Waals surface area contributed by atoms with E-state index in [2.05, 4.69) is 5.32 Å². The third-order valence-electron chi connectivity index (χ3n) is 3.40. The van der Waals surface area contributed by atoms with Crippen LogP contribution in [0.25, 0.3) is 0 Å². The van der Waals surface area contributed by atoms with E-state index in [1.165, 1.54) is 11.6 Å². The lowest BCUT2D eigenvalue weighted by atomic mass is 9.93. The van der Waals surface area contributed by atoms with Crippen LogP contribution in [0.15, 0.2) is 9.59 Å². The Morgan fingerprint density at radius 2 is 1.90 bits per heavy atom. The maximum absolute atomic E-state index is 12.1. The molecule has 21 heavy (non-hydrogen) atoms. The lowest BCUT2D eigenvalue weighted by Gasteiger charge is -2.22. The minimum Gasteiger partial charge on any atom is -0.383 e. The number of primary amides is 1. The predicted octanol–water partition coefficient (Wildman–Crippen LogP) is -0.537. The number of hydrogen-bond acceptors (Lipinski definition) is 5. The van der Waals surface area contributed by atoms with Gasteiger partial charge in [-0.15, -0.1) is 0 Å². The van der Waals surface area contributed by atoms with Crippen LogP contribution in [-0.4, -0.2) is 21.6 Å². The van der Waals surface area contributed by atoms with E-state index in [4.69, 9.17) is 11.5 Å². The number of nitrogen functional groups attached to an aromatic ring is 1. The summed E-state index contributed by atoms with van der Waals surface area (Å²) >= 11 is 0. The summed E-state index contributed by atoms with van der Waals surface area (Å²) in [6.07, 6.45) is 0.703. The first-order valence-corrected chi connectivity index (χ1v) is 6.76. The van der Waals surface area contributed by atoms with Gasteiger partial charge in [-0.25, -0.2) is 4.79 Å². The first kappa shape index (κ1) is 16.8. The van der Waals surface area contributed by atoms with Gasteiger partial charge >= 0.3 is 5.69 Å². The molecular formula is C13H23N5O3. The summed E-state index contributed by atoms with van der Waals surface area (Å²) in [6, 6.07) is 0. The fourth-order valence-electron chi connectivity index (χ4n) is 1.79. The van der Waals surface area contributed by atoms with E-state index in [0.717, 1.165) is 4.57 Å². The third kappa shape index (κ3) is 3.26. The average molecular weight is 297 g/mol. The zero-order chi connectivity index (χ0) is 16.4. The second-order valence-corrected chi connectivity index (χ2v) is 5.66. The molecule has 1 heterocycles. The molecule has 0 bridgehead atoms. The van der Waals surface area contributed by atoms with Crippen molar-refractivity contribution in [3.63, 3.8) is 0 Å². The number of nitrogens with two attached hydrogens (primary N) is 2. The average Bonchev–Trinajstić information content (AvgIpc) is 2.41. The number of aromatic nitrogens is 2. The standard InChI is InChI=1S/C13H23N5O3/c1-5-6-18-9(14)8(10(19)17(4)12(18)21)16-7-13(2,3)11(15)20/h16H,5-7,14H2,1-4H3,(H2,15,20). The summed E-state index contributed by atoms with van der Waals surface area (Å²) in [5.41, 5.74) is 9.49. The van der Waals surface area contributed by atoms with E-state index in [1.54, 1.807) is 13.8 Å². The van der Waals surface area contributed by atoms with Gasteiger partial charge in [-0.05, 0) is 20.3 Å². The maximum Gasteiger partial charge on any atom is 0.332 e. The summed E-state index contributed by atoms with van der Waals surface area (Å²) in [7, 11) is 1.39. The minimum absolute atomic E-state index is 0.0743. The van der Waals surface area contributed by atoms with Crippen LogP contribution in [0.3, 0.4) is 0 Å². The van der Waals surface area contributed by atoms with E-state index < -0.39 is 22.6 Å². The van der Waals surface area contributed by atoms with Gasteiger partial charge in [-0.2, -0.15) is 0 Å². The molecule has 1 aromatic rings. The van der Waals surface area contributed by atoms with Gasteiger partial charge in [0.2, 0.25) is 5.91 Å². The van der Waals surface area contributed by atoms with Crippen molar-refractivity contribution in [2.45, 2.75) is 33.7 Å². The molecule has 0 radical (unpaired) electrons. The molecule has 1 amide bonds. The normalized spacial score (nSPS) is 11.4. The lowest BCUT2D eigenvalue weighted by molar-refractivity contribution is -0.125. The summed E-state index contributed by atoms with van der Waals surface area (Å²) < 4.78 is 2.33. The molecule has 0 aromatic carbocycles. The Balaban J connectivity index is 3.28. The molecule has 1 rings (SSSR count). The Morgan fingerprint density at radius 3 is 2.38 bits per heavy atom. The summed E-state index contributed by atoms with van der Waals surface area (Å²) in [4.78, 5) is 35.5. The minimum atomic E-state index is -0.844. The Hall–Kier alpha value is -2.25. The van der Waals surface area contributed by atoms with Crippen molar-refractivity contribution in [3.05, 3.63) is 20.8 Å². The zero-order valence-corrected chi connectivity index (χ0v) is 12.9. The second kappa shape index (κ2) is 6.02. The van der Waals surface area contributed by atoms with Gasteiger partial charge in [-0.3, -0.25) is 18.7 Å². The van der Waals surface area contributed by atoms with E-state index in [1.807, 2.05) is 6.92 Å². The van der Waals surface area contributed by atoms with Crippen molar-refractivity contribution in [1.29, 1.82) is 0 Å². The summed E-state index contributed by atoms with van der Waals surface area (Å²) in [5, 5.41) is 2.85. The SMILES string of the molecule is CCCn1c(N)c(NCC(C)(C)C(N)=O)c(=O)n(C)c1=O. The van der Waals surface area contributed by atoms with Crippen LogP contribution < -0.4 is 28.0 Å². The van der Waals surface area contributed by atoms with Crippen molar-refractivity contribution >= 4 is 17.4 Å². The van der Waals surface area contributed by atoms with Gasteiger partial charge in [-0.1, -0.05) is 6.92 Å². The third-order valence-corrected chi connectivity index (χ3v) is 3.40. The highest BCUT2D eigenvalue weighted by Crippen LogP contribution is 2.17. The van der Waals surface area contributed by atoms with Crippen LogP contribution in [0.4, 0.5) is 11.5 Å². The molecule has 0 aliphatic rings. The lowest BCUT2D eigenvalue weighted by Crippen LogP contribution is -2.43. The molecule has 8 nitrogen and oxygen atoms in total. The molecule has 0 spiro atoms. The number of carbonyl (C=O) groups is 1. The highest BCUT2D eigenvalue weighted by Gasteiger charge is 2.26. The molecular weight excluding hydrogens is 274 g/mol. The van der Waals surface area contributed by atoms with Crippen molar-refractivity contribution in [2.24, 2.45) is 18.2 Å². The fraction of sp³-hybridized carbons (Fsp3) is 0.615. The maximum atomic E-state index is 12.1. The molecule has 8 heteroatoms. The first-order valence-electron chi connectivity index (χ1n) is 6.76. The van der Waals surface area contributed by atoms with Crippen LogP contribution in [0.2, 0.25) is 0 Å². The predicted molar refractivity (Wildman–Crippen MR) is 82.1 cm³/mol. The number of amides is 1. The van der Waals surface area contributed by atoms with Crippen molar-refractivity contribution < 1.29 is 4.79 Å². The second-order valence-electron chi connectivity index (χ2n) is 5.66. The Labute approximate surface area is 122 Å². The van der Waals surface area contributed by atoms with E-state index >= 15 is 0 Å². The Morgan fingerprint density at radius 1 is 1.33 bits per heavy atom. The summed E-state index contributed by atoms with van der Waals surface area (Å²) in [6.45, 7) is 5.77. The number of carbonyl (C=O) groups excluding carboxylic acids is 1. The van der Waals surface area contributed by atoms with Crippen LogP contribution in [0.5, 0.6) is 0 Å². The highest BCUT2D eigenvalue weighted by atomic mass is 16.2. The van der Waals surface area contributed by atoms with Crippen molar-refractivity contribution in [2.75, 3.05) is 17.6 Å². The van der Waals surface area contributed by atoms with E-state index in [-0.39, 0.29) is 18.1 Å². The van der Waals surface area contributed by atoms with E-state index in [9.17, 15) is 14.4 Å². The molecule has 118 valence electrons. The number of nitrogens with zero attached hydrogens (tertiary/aromatic N) is 2. The van der Waals surface area contributed by atoms with Crippen LogP contribution >= 0.6 is 0 Å². The van der Waals surface area contributed by atoms with Gasteiger partial charge in [0.15, 0.2) is 0 Å². The Bertz CT molecular complexity index is 657. The number of hydrogen-bond donors (Lipinski definition) is 3. The molecule has 0 unspecified atom stereocenters. The number of anilines is 2. The molecule has 0 fully saturated rings. The smallest absolute Gasteiger partial charge is 0.332 e. The van der Waals surface area contributed by atoms with Crippen LogP contribution in [0.1, 0.15) is 27.2 Å². The highest BCUT2D eigenvalue weighted by molar-refractivity contribution is 5.80.